The van der Waals surface area contributed by atoms with Crippen LogP contribution in [0, 0.1) is 12.7 Å². The van der Waals surface area contributed by atoms with E-state index in [1.54, 1.807) is 19.1 Å². The molecule has 1 fully saturated rings. The van der Waals surface area contributed by atoms with Gasteiger partial charge in [0.1, 0.15) is 11.0 Å². The van der Waals surface area contributed by atoms with E-state index in [1.807, 2.05) is 4.90 Å². The number of benzene rings is 1. The normalized spacial score (nSPS) is 15.1. The minimum Gasteiger partial charge on any atom is -0.338 e. The van der Waals surface area contributed by atoms with Gasteiger partial charge >= 0.3 is 0 Å². The highest BCUT2D eigenvalue weighted by molar-refractivity contribution is 6.33. The summed E-state index contributed by atoms with van der Waals surface area (Å²) in [5.74, 6) is -0.399. The number of aromatic nitrogens is 2. The van der Waals surface area contributed by atoms with Crippen LogP contribution in [-0.2, 0) is 0 Å². The summed E-state index contributed by atoms with van der Waals surface area (Å²) in [5.41, 5.74) is 1.66. The van der Waals surface area contributed by atoms with E-state index < -0.39 is 0 Å². The molecule has 0 spiro atoms. The highest BCUT2D eigenvalue weighted by atomic mass is 35.5. The molecule has 1 aliphatic heterocycles. The first-order chi connectivity index (χ1) is 10.6. The average Bonchev–Trinajstić information content (AvgIpc) is 2.83. The molecule has 22 heavy (non-hydrogen) atoms. The molecule has 1 aliphatic rings. The van der Waals surface area contributed by atoms with Gasteiger partial charge in [-0.1, -0.05) is 11.6 Å². The minimum absolute atomic E-state index is 0.0736. The lowest BCUT2D eigenvalue weighted by Crippen LogP contribution is -2.35. The third-order valence-corrected chi connectivity index (χ3v) is 4.28. The second-order valence-electron chi connectivity index (χ2n) is 5.49. The maximum absolute atomic E-state index is 13.0. The molecule has 1 saturated heterocycles. The number of hydrogen-bond acceptors (Lipinski definition) is 2. The Morgan fingerprint density at radius 2 is 1.82 bits per heavy atom. The molecule has 0 radical (unpaired) electrons. The van der Waals surface area contributed by atoms with Gasteiger partial charge in [-0.05, 0) is 50.5 Å². The lowest BCUT2D eigenvalue weighted by molar-refractivity contribution is 0.0724. The molecular weight excluding hydrogens is 305 g/mol. The largest absolute Gasteiger partial charge is 0.338 e. The smallest absolute Gasteiger partial charge is 0.258 e. The van der Waals surface area contributed by atoms with Crippen molar-refractivity contribution in [3.8, 4) is 5.69 Å². The van der Waals surface area contributed by atoms with Crippen molar-refractivity contribution >= 4 is 17.5 Å². The Balaban J connectivity index is 1.96. The van der Waals surface area contributed by atoms with Crippen LogP contribution in [0.25, 0.3) is 5.69 Å². The van der Waals surface area contributed by atoms with Crippen molar-refractivity contribution in [1.29, 1.82) is 0 Å². The van der Waals surface area contributed by atoms with E-state index in [2.05, 4.69) is 5.10 Å². The summed E-state index contributed by atoms with van der Waals surface area (Å²) >= 11 is 6.38. The summed E-state index contributed by atoms with van der Waals surface area (Å²) in [7, 11) is 0. The van der Waals surface area contributed by atoms with E-state index in [-0.39, 0.29) is 16.9 Å². The zero-order valence-corrected chi connectivity index (χ0v) is 13.1. The Bertz CT molecular complexity index is 690. The van der Waals surface area contributed by atoms with Gasteiger partial charge in [-0.3, -0.25) is 4.79 Å². The summed E-state index contributed by atoms with van der Waals surface area (Å²) in [4.78, 5) is 14.5. The Labute approximate surface area is 133 Å². The standard InChI is InChI=1S/C16H17ClFN3O/c1-11-14(16(22)20-9-3-2-4-10-20)15(17)21(19-11)13-7-5-12(18)6-8-13/h5-8H,2-4,9-10H2,1H3. The number of nitrogens with zero attached hydrogens (tertiary/aromatic N) is 3. The predicted octanol–water partition coefficient (Wildman–Crippen LogP) is 3.60. The Kier molecular flexibility index (Phi) is 4.16. The van der Waals surface area contributed by atoms with Crippen LogP contribution >= 0.6 is 11.6 Å². The van der Waals surface area contributed by atoms with E-state index in [1.165, 1.54) is 16.8 Å². The molecule has 0 aliphatic carbocycles. The number of piperidine rings is 1. The molecule has 0 atom stereocenters. The lowest BCUT2D eigenvalue weighted by atomic mass is 10.1. The van der Waals surface area contributed by atoms with Crippen LogP contribution in [0.4, 0.5) is 4.39 Å². The minimum atomic E-state index is -0.326. The monoisotopic (exact) mass is 321 g/mol. The van der Waals surface area contributed by atoms with E-state index in [4.69, 9.17) is 11.6 Å². The van der Waals surface area contributed by atoms with Crippen molar-refractivity contribution in [2.24, 2.45) is 0 Å². The Morgan fingerprint density at radius 1 is 1.18 bits per heavy atom. The predicted molar refractivity (Wildman–Crippen MR) is 83.0 cm³/mol. The van der Waals surface area contributed by atoms with E-state index >= 15 is 0 Å². The summed E-state index contributed by atoms with van der Waals surface area (Å²) in [6, 6.07) is 5.86. The molecule has 4 nitrogen and oxygen atoms in total. The first-order valence-electron chi connectivity index (χ1n) is 7.38. The first-order valence-corrected chi connectivity index (χ1v) is 7.76. The molecule has 1 amide bonds. The summed E-state index contributed by atoms with van der Waals surface area (Å²) in [6.07, 6.45) is 3.20. The maximum atomic E-state index is 13.0. The van der Waals surface area contributed by atoms with Gasteiger partial charge in [0.2, 0.25) is 0 Å². The van der Waals surface area contributed by atoms with Gasteiger partial charge in [0.15, 0.2) is 0 Å². The number of aryl methyl sites for hydroxylation is 1. The Hall–Kier alpha value is -1.88. The van der Waals surface area contributed by atoms with E-state index in [0.29, 0.717) is 16.9 Å². The molecule has 116 valence electrons. The molecule has 3 rings (SSSR count). The summed E-state index contributed by atoms with van der Waals surface area (Å²) in [6.45, 7) is 3.29. The molecule has 6 heteroatoms. The van der Waals surface area contributed by atoms with E-state index in [0.717, 1.165) is 32.4 Å². The molecule has 1 aromatic carbocycles. The fourth-order valence-corrected chi connectivity index (χ4v) is 3.10. The second kappa shape index (κ2) is 6.08. The second-order valence-corrected chi connectivity index (χ2v) is 5.85. The fourth-order valence-electron chi connectivity index (χ4n) is 2.75. The number of amides is 1. The quantitative estimate of drug-likeness (QED) is 0.847. The first kappa shape index (κ1) is 15.0. The van der Waals surface area contributed by atoms with Gasteiger partial charge < -0.3 is 4.90 Å². The van der Waals surface area contributed by atoms with Crippen LogP contribution in [0.2, 0.25) is 5.15 Å². The molecule has 2 heterocycles. The maximum Gasteiger partial charge on any atom is 0.258 e. The molecule has 0 N–H and O–H groups in total. The molecule has 0 bridgehead atoms. The van der Waals surface area contributed by atoms with Crippen LogP contribution < -0.4 is 0 Å². The number of hydrogen-bond donors (Lipinski definition) is 0. The van der Waals surface area contributed by atoms with Crippen LogP contribution in [0.1, 0.15) is 35.3 Å². The van der Waals surface area contributed by atoms with Gasteiger partial charge in [0.05, 0.1) is 16.9 Å². The topological polar surface area (TPSA) is 38.1 Å². The zero-order valence-electron chi connectivity index (χ0n) is 12.4. The van der Waals surface area contributed by atoms with Crippen LogP contribution in [0.15, 0.2) is 24.3 Å². The number of carbonyl (C=O) groups is 1. The van der Waals surface area contributed by atoms with Crippen molar-refractivity contribution < 1.29 is 9.18 Å². The van der Waals surface area contributed by atoms with Crippen LogP contribution in [0.5, 0.6) is 0 Å². The van der Waals surface area contributed by atoms with Crippen molar-refractivity contribution in [3.63, 3.8) is 0 Å². The van der Waals surface area contributed by atoms with Crippen LogP contribution in [-0.4, -0.2) is 33.7 Å². The highest BCUT2D eigenvalue weighted by Gasteiger charge is 2.26. The van der Waals surface area contributed by atoms with Crippen LogP contribution in [0.3, 0.4) is 0 Å². The fraction of sp³-hybridized carbons (Fsp3) is 0.375. The number of halogens is 2. The molecule has 0 unspecified atom stereocenters. The third kappa shape index (κ3) is 2.73. The average molecular weight is 322 g/mol. The molecule has 2 aromatic rings. The molecular formula is C16H17ClFN3O. The summed E-state index contributed by atoms with van der Waals surface area (Å²) in [5, 5.41) is 4.62. The van der Waals surface area contributed by atoms with Gasteiger partial charge in [-0.25, -0.2) is 9.07 Å². The lowest BCUT2D eigenvalue weighted by Gasteiger charge is -2.26. The number of carbonyl (C=O) groups excluding carboxylic acids is 1. The van der Waals surface area contributed by atoms with Crippen molar-refractivity contribution in [2.75, 3.05) is 13.1 Å². The van der Waals surface area contributed by atoms with Gasteiger partial charge in [-0.15, -0.1) is 0 Å². The van der Waals surface area contributed by atoms with Crippen molar-refractivity contribution in [1.82, 2.24) is 14.7 Å². The number of rotatable bonds is 2. The molecule has 0 saturated carbocycles. The Morgan fingerprint density at radius 3 is 2.45 bits per heavy atom. The molecule has 1 aromatic heterocycles. The highest BCUT2D eigenvalue weighted by Crippen LogP contribution is 2.26. The number of likely N-dealkylation sites (tertiary alicyclic amines) is 1. The van der Waals surface area contributed by atoms with Crippen molar-refractivity contribution in [2.45, 2.75) is 26.2 Å². The van der Waals surface area contributed by atoms with Gasteiger partial charge in [-0.2, -0.15) is 5.10 Å². The van der Waals surface area contributed by atoms with Gasteiger partial charge in [0, 0.05) is 13.1 Å². The SMILES string of the molecule is Cc1nn(-c2ccc(F)cc2)c(Cl)c1C(=O)N1CCCCC1. The van der Waals surface area contributed by atoms with E-state index in [9.17, 15) is 9.18 Å². The zero-order chi connectivity index (χ0) is 15.7. The van der Waals surface area contributed by atoms with Crippen molar-refractivity contribution in [3.05, 3.63) is 46.5 Å². The summed E-state index contributed by atoms with van der Waals surface area (Å²) < 4.78 is 14.5. The third-order valence-electron chi connectivity index (χ3n) is 3.93. The van der Waals surface area contributed by atoms with Gasteiger partial charge in [0.25, 0.3) is 5.91 Å².